The van der Waals surface area contributed by atoms with Crippen LogP contribution in [0.25, 0.3) is 0 Å². The van der Waals surface area contributed by atoms with Crippen molar-refractivity contribution in [1.82, 2.24) is 15.5 Å². The molecule has 3 saturated heterocycles. The first-order valence-electron chi connectivity index (χ1n) is 10.9. The summed E-state index contributed by atoms with van der Waals surface area (Å²) in [5.74, 6) is -0.0240. The number of benzene rings is 1. The van der Waals surface area contributed by atoms with Gasteiger partial charge in [0.15, 0.2) is 11.6 Å². The van der Waals surface area contributed by atoms with Gasteiger partial charge < -0.3 is 25.2 Å². The molecule has 180 valence electrons. The molecule has 0 aliphatic carbocycles. The molecule has 0 aromatic heterocycles. The van der Waals surface area contributed by atoms with Gasteiger partial charge in [0.05, 0.1) is 18.8 Å². The van der Waals surface area contributed by atoms with Crippen molar-refractivity contribution in [2.24, 2.45) is 0 Å². The summed E-state index contributed by atoms with van der Waals surface area (Å²) in [5, 5.41) is 5.52. The Hall–Kier alpha value is -2.76. The number of anilines is 2. The molecule has 0 spiro atoms. The highest BCUT2D eigenvalue weighted by atomic mass is 32.2. The van der Waals surface area contributed by atoms with Crippen molar-refractivity contribution >= 4 is 41.2 Å². The summed E-state index contributed by atoms with van der Waals surface area (Å²) in [5.41, 5.74) is -0.122. The summed E-state index contributed by atoms with van der Waals surface area (Å²) in [6, 6.07) is 1.88. The van der Waals surface area contributed by atoms with Crippen molar-refractivity contribution in [1.29, 1.82) is 0 Å². The molecule has 3 fully saturated rings. The average molecular weight is 484 g/mol. The van der Waals surface area contributed by atoms with Gasteiger partial charge in [-0.25, -0.2) is 18.4 Å². The molecule has 3 aliphatic rings. The number of carbonyl (C=O) groups is 3. The number of hydrogen-bond acceptors (Lipinski definition) is 6. The first-order valence-corrected chi connectivity index (χ1v) is 12.1. The van der Waals surface area contributed by atoms with Crippen LogP contribution in [0.1, 0.15) is 13.3 Å². The highest BCUT2D eigenvalue weighted by Gasteiger charge is 2.35. The van der Waals surface area contributed by atoms with Crippen molar-refractivity contribution in [2.75, 3.05) is 60.6 Å². The molecule has 4 rings (SSSR count). The molecule has 1 unspecified atom stereocenters. The van der Waals surface area contributed by atoms with Crippen LogP contribution in [-0.2, 0) is 9.53 Å². The number of cyclic esters (lactones) is 1. The Bertz CT molecular complexity index is 907. The minimum absolute atomic E-state index is 0.0519. The number of urea groups is 1. The lowest BCUT2D eigenvalue weighted by Crippen LogP contribution is -2.48. The summed E-state index contributed by atoms with van der Waals surface area (Å²) in [7, 11) is 0. The lowest BCUT2D eigenvalue weighted by Gasteiger charge is -2.28. The van der Waals surface area contributed by atoms with Gasteiger partial charge in [0.1, 0.15) is 11.8 Å². The number of carbonyl (C=O) groups excluding carboxylic acids is 3. The second-order valence-corrected chi connectivity index (χ2v) is 9.52. The van der Waals surface area contributed by atoms with Gasteiger partial charge in [-0.3, -0.25) is 9.69 Å². The highest BCUT2D eigenvalue weighted by molar-refractivity contribution is 7.99. The number of ether oxygens (including phenoxy) is 1. The van der Waals surface area contributed by atoms with Crippen molar-refractivity contribution in [3.05, 3.63) is 23.8 Å². The Balaban J connectivity index is 1.39. The summed E-state index contributed by atoms with van der Waals surface area (Å²) in [6.45, 7) is 3.64. The fourth-order valence-electron chi connectivity index (χ4n) is 4.22. The predicted octanol–water partition coefficient (Wildman–Crippen LogP) is 1.76. The van der Waals surface area contributed by atoms with Crippen LogP contribution in [0.5, 0.6) is 0 Å². The first kappa shape index (κ1) is 23.4. The van der Waals surface area contributed by atoms with Crippen LogP contribution in [-0.4, -0.2) is 85.9 Å². The number of nitrogens with one attached hydrogen (secondary N) is 2. The van der Waals surface area contributed by atoms with Crippen LogP contribution in [0.4, 0.5) is 29.7 Å². The molecule has 1 aromatic carbocycles. The van der Waals surface area contributed by atoms with Crippen molar-refractivity contribution in [3.63, 3.8) is 0 Å². The Morgan fingerprint density at radius 2 is 1.85 bits per heavy atom. The van der Waals surface area contributed by atoms with E-state index in [1.165, 1.54) is 6.92 Å². The molecule has 3 aliphatic heterocycles. The minimum Gasteiger partial charge on any atom is -0.442 e. The van der Waals surface area contributed by atoms with E-state index in [1.54, 1.807) is 9.80 Å². The average Bonchev–Trinajstić information content (AvgIpc) is 3.38. The van der Waals surface area contributed by atoms with Crippen LogP contribution >= 0.6 is 11.8 Å². The highest BCUT2D eigenvalue weighted by Crippen LogP contribution is 2.32. The summed E-state index contributed by atoms with van der Waals surface area (Å²) < 4.78 is 35.1. The Kier molecular flexibility index (Phi) is 7.11. The van der Waals surface area contributed by atoms with Crippen LogP contribution < -0.4 is 20.4 Å². The maximum Gasteiger partial charge on any atom is 0.414 e. The topological polar surface area (TPSA) is 94.2 Å². The molecule has 0 radical (unpaired) electrons. The fourth-order valence-corrected chi connectivity index (χ4v) is 5.12. The summed E-state index contributed by atoms with van der Waals surface area (Å²) in [6.07, 6.45) is -0.747. The maximum atomic E-state index is 15.0. The number of halogens is 2. The zero-order valence-corrected chi connectivity index (χ0v) is 19.1. The minimum atomic E-state index is -0.789. The van der Waals surface area contributed by atoms with Gasteiger partial charge in [0, 0.05) is 62.8 Å². The smallest absolute Gasteiger partial charge is 0.414 e. The van der Waals surface area contributed by atoms with Crippen LogP contribution in [0.2, 0.25) is 0 Å². The van der Waals surface area contributed by atoms with Gasteiger partial charge in [-0.05, 0) is 6.42 Å². The molecule has 0 bridgehead atoms. The van der Waals surface area contributed by atoms with E-state index in [0.29, 0.717) is 32.6 Å². The van der Waals surface area contributed by atoms with Gasteiger partial charge >= 0.3 is 12.1 Å². The monoisotopic (exact) mass is 483 g/mol. The summed E-state index contributed by atoms with van der Waals surface area (Å²) >= 11 is 1.81. The van der Waals surface area contributed by atoms with Crippen molar-refractivity contribution in [2.45, 2.75) is 25.5 Å². The second-order valence-electron chi connectivity index (χ2n) is 8.29. The van der Waals surface area contributed by atoms with Gasteiger partial charge in [-0.15, -0.1) is 0 Å². The molecule has 1 aromatic rings. The lowest BCUT2D eigenvalue weighted by molar-refractivity contribution is -0.119. The van der Waals surface area contributed by atoms with Crippen LogP contribution in [0.15, 0.2) is 12.1 Å². The van der Waals surface area contributed by atoms with Crippen molar-refractivity contribution < 1.29 is 27.9 Å². The molecule has 3 heterocycles. The van der Waals surface area contributed by atoms with E-state index in [1.807, 2.05) is 11.8 Å². The van der Waals surface area contributed by atoms with Gasteiger partial charge in [0.2, 0.25) is 5.91 Å². The lowest BCUT2D eigenvalue weighted by atomic mass is 10.2. The maximum absolute atomic E-state index is 15.0. The van der Waals surface area contributed by atoms with Crippen molar-refractivity contribution in [3.8, 4) is 0 Å². The number of nitrogens with zero attached hydrogens (tertiary/aromatic N) is 3. The number of hydrogen-bond donors (Lipinski definition) is 2. The molecule has 2 N–H and O–H groups in total. The largest absolute Gasteiger partial charge is 0.442 e. The molecule has 2 atom stereocenters. The van der Waals surface area contributed by atoms with E-state index in [2.05, 4.69) is 10.6 Å². The van der Waals surface area contributed by atoms with Gasteiger partial charge in [-0.2, -0.15) is 11.8 Å². The number of amides is 4. The molecule has 4 amide bonds. The molecule has 12 heteroatoms. The third-order valence-corrected chi connectivity index (χ3v) is 6.84. The van der Waals surface area contributed by atoms with Crippen LogP contribution in [0.3, 0.4) is 0 Å². The van der Waals surface area contributed by atoms with E-state index in [9.17, 15) is 23.2 Å². The third kappa shape index (κ3) is 5.43. The molecule has 33 heavy (non-hydrogen) atoms. The molecule has 0 saturated carbocycles. The van der Waals surface area contributed by atoms with Gasteiger partial charge in [0.25, 0.3) is 0 Å². The Morgan fingerprint density at radius 1 is 1.15 bits per heavy atom. The second kappa shape index (κ2) is 10.0. The van der Waals surface area contributed by atoms with E-state index >= 15 is 0 Å². The van der Waals surface area contributed by atoms with E-state index in [0.717, 1.165) is 28.5 Å². The normalized spacial score (nSPS) is 23.0. The summed E-state index contributed by atoms with van der Waals surface area (Å²) in [4.78, 5) is 40.1. The van der Waals surface area contributed by atoms with Crippen LogP contribution in [0, 0.1) is 11.6 Å². The number of rotatable bonds is 5. The zero-order chi connectivity index (χ0) is 23.5. The molecular weight excluding hydrogens is 456 g/mol. The fraction of sp³-hybridized carbons (Fsp3) is 0.571. The van der Waals surface area contributed by atoms with E-state index < -0.39 is 23.8 Å². The van der Waals surface area contributed by atoms with E-state index in [-0.39, 0.29) is 42.4 Å². The van der Waals surface area contributed by atoms with E-state index in [4.69, 9.17) is 4.74 Å². The third-order valence-electron chi connectivity index (χ3n) is 5.90. The standard InChI is InChI=1S/C21H27F2N5O4S/c1-13(29)24-10-16-12-28(21(31)32-16)15-8-17(22)19(18(23)9-15)27-3-2-14(11-27)25-20(30)26-4-6-33-7-5-26/h8-9,14,16H,2-7,10-12H2,1H3,(H,24,29)(H,25,30)/t14?,16-/m0/s1. The SMILES string of the molecule is CC(=O)NC[C@H]1CN(c2cc(F)c(N3CCC(NC(=O)N4CCSCC4)C3)c(F)c2)C(=O)O1. The van der Waals surface area contributed by atoms with Gasteiger partial charge in [-0.1, -0.05) is 0 Å². The Morgan fingerprint density at radius 3 is 2.52 bits per heavy atom. The number of thioether (sulfide) groups is 1. The molecular formula is C21H27F2N5O4S. The molecule has 9 nitrogen and oxygen atoms in total. The first-order chi connectivity index (χ1) is 15.8. The quantitative estimate of drug-likeness (QED) is 0.663. The zero-order valence-electron chi connectivity index (χ0n) is 18.3. The Labute approximate surface area is 194 Å². The predicted molar refractivity (Wildman–Crippen MR) is 121 cm³/mol.